The van der Waals surface area contributed by atoms with E-state index in [0.29, 0.717) is 17.8 Å². The van der Waals surface area contributed by atoms with Crippen LogP contribution < -0.4 is 5.73 Å². The van der Waals surface area contributed by atoms with Gasteiger partial charge in [0.05, 0.1) is 11.9 Å². The van der Waals surface area contributed by atoms with Crippen LogP contribution >= 0.6 is 24.0 Å². The van der Waals surface area contributed by atoms with Crippen molar-refractivity contribution in [1.82, 2.24) is 0 Å². The van der Waals surface area contributed by atoms with Crippen LogP contribution in [-0.4, -0.2) is 23.6 Å². The number of hydrogen-bond donors (Lipinski definition) is 2. The fourth-order valence-electron chi connectivity index (χ4n) is 0.848. The summed E-state index contributed by atoms with van der Waals surface area (Å²) in [5.74, 6) is 1.01. The third kappa shape index (κ3) is 2.83. The predicted molar refractivity (Wildman–Crippen MR) is 51.7 cm³/mol. The lowest BCUT2D eigenvalue weighted by atomic mass is 10.4. The van der Waals surface area contributed by atoms with Gasteiger partial charge in [-0.15, -0.1) is 24.0 Å². The number of nitrogens with zero attached hydrogens (tertiary/aromatic N) is 1. The van der Waals surface area contributed by atoms with Crippen LogP contribution in [0.1, 0.15) is 13.3 Å². The highest BCUT2D eigenvalue weighted by atomic mass is 127. The average molecular weight is 256 g/mol. The summed E-state index contributed by atoms with van der Waals surface area (Å²) in [4.78, 5) is 4.08. The predicted octanol–water partition coefficient (Wildman–Crippen LogP) is 0.362. The molecule has 3 N–H and O–H groups in total. The third-order valence-corrected chi connectivity index (χ3v) is 1.49. The zero-order valence-electron chi connectivity index (χ0n) is 5.95. The number of aliphatic hydroxyl groups excluding tert-OH is 1. The van der Waals surface area contributed by atoms with Gasteiger partial charge in [-0.05, 0) is 13.3 Å². The lowest BCUT2D eigenvalue weighted by Gasteiger charge is -1.89. The van der Waals surface area contributed by atoms with Crippen molar-refractivity contribution in [1.29, 1.82) is 0 Å². The van der Waals surface area contributed by atoms with Crippen molar-refractivity contribution in [2.24, 2.45) is 16.6 Å². The monoisotopic (exact) mass is 256 g/mol. The molecule has 0 bridgehead atoms. The van der Waals surface area contributed by atoms with E-state index in [1.54, 1.807) is 6.92 Å². The highest BCUT2D eigenvalue weighted by Crippen LogP contribution is 2.32. The summed E-state index contributed by atoms with van der Waals surface area (Å²) < 4.78 is 0. The fraction of sp³-hybridized carbons (Fsp3) is 0.833. The molecule has 0 aromatic carbocycles. The van der Waals surface area contributed by atoms with E-state index in [4.69, 9.17) is 10.8 Å². The van der Waals surface area contributed by atoms with Gasteiger partial charge in [-0.1, -0.05) is 0 Å². The van der Waals surface area contributed by atoms with Crippen molar-refractivity contribution in [2.45, 2.75) is 19.4 Å². The van der Waals surface area contributed by atoms with Crippen molar-refractivity contribution in [3.05, 3.63) is 0 Å². The maximum absolute atomic E-state index is 8.58. The first-order valence-corrected chi connectivity index (χ1v) is 3.14. The van der Waals surface area contributed by atoms with Gasteiger partial charge < -0.3 is 10.8 Å². The molecule has 3 nitrogen and oxygen atoms in total. The Morgan fingerprint density at radius 1 is 1.80 bits per heavy atom. The molecule has 4 heteroatoms. The first kappa shape index (κ1) is 10.2. The Morgan fingerprint density at radius 2 is 2.40 bits per heavy atom. The van der Waals surface area contributed by atoms with Crippen LogP contribution in [0.2, 0.25) is 0 Å². The van der Waals surface area contributed by atoms with Crippen LogP contribution in [0.15, 0.2) is 4.99 Å². The van der Waals surface area contributed by atoms with Crippen molar-refractivity contribution in [2.75, 3.05) is 6.61 Å². The van der Waals surface area contributed by atoms with E-state index < -0.39 is 0 Å². The molecule has 0 aromatic rings. The van der Waals surface area contributed by atoms with E-state index in [1.807, 2.05) is 0 Å². The van der Waals surface area contributed by atoms with Gasteiger partial charge in [0.2, 0.25) is 0 Å². The van der Waals surface area contributed by atoms with E-state index in [1.165, 1.54) is 0 Å². The molecule has 0 spiro atoms. The number of amidine groups is 1. The number of aliphatic imine (C=N–C) groups is 1. The number of halogens is 1. The molecular weight excluding hydrogens is 243 g/mol. The van der Waals surface area contributed by atoms with Crippen molar-refractivity contribution >= 4 is 29.8 Å². The second-order valence-corrected chi connectivity index (χ2v) is 2.52. The van der Waals surface area contributed by atoms with Crippen LogP contribution in [-0.2, 0) is 0 Å². The van der Waals surface area contributed by atoms with E-state index in [-0.39, 0.29) is 30.6 Å². The van der Waals surface area contributed by atoms with Crippen LogP contribution in [0.25, 0.3) is 0 Å². The number of nitrogens with two attached hydrogens (primary N) is 1. The molecule has 0 saturated heterocycles. The fourth-order valence-corrected chi connectivity index (χ4v) is 0.848. The van der Waals surface area contributed by atoms with E-state index in [9.17, 15) is 0 Å². The van der Waals surface area contributed by atoms with E-state index in [0.717, 1.165) is 6.42 Å². The molecule has 1 rings (SSSR count). The molecule has 1 aliphatic carbocycles. The van der Waals surface area contributed by atoms with Crippen molar-refractivity contribution in [3.8, 4) is 0 Å². The van der Waals surface area contributed by atoms with Gasteiger partial charge in [0.15, 0.2) is 0 Å². The van der Waals surface area contributed by atoms with Gasteiger partial charge >= 0.3 is 0 Å². The zero-order valence-corrected chi connectivity index (χ0v) is 8.28. The Balaban J connectivity index is 0.000000810. The largest absolute Gasteiger partial charge is 0.396 e. The SMILES string of the molecule is CC(N)=NC1CC1CO.I. The first-order valence-electron chi connectivity index (χ1n) is 3.14. The van der Waals surface area contributed by atoms with Gasteiger partial charge in [0.1, 0.15) is 0 Å². The lowest BCUT2D eigenvalue weighted by Crippen LogP contribution is -2.07. The smallest absolute Gasteiger partial charge is 0.0909 e. The molecule has 2 unspecified atom stereocenters. The van der Waals surface area contributed by atoms with Crippen LogP contribution in [0.3, 0.4) is 0 Å². The Kier molecular flexibility index (Phi) is 4.19. The van der Waals surface area contributed by atoms with Crippen molar-refractivity contribution < 1.29 is 5.11 Å². The minimum absolute atomic E-state index is 0. The molecule has 0 heterocycles. The maximum atomic E-state index is 8.58. The minimum Gasteiger partial charge on any atom is -0.396 e. The highest BCUT2D eigenvalue weighted by molar-refractivity contribution is 14.0. The number of aliphatic hydroxyl groups is 1. The molecule has 60 valence electrons. The van der Waals surface area contributed by atoms with Gasteiger partial charge in [0.25, 0.3) is 0 Å². The molecule has 10 heavy (non-hydrogen) atoms. The number of hydrogen-bond acceptors (Lipinski definition) is 2. The Bertz CT molecular complexity index is 134. The number of rotatable bonds is 2. The standard InChI is InChI=1S/C6H12N2O.HI/c1-4(7)8-6-2-5(6)3-9;/h5-6,9H,2-3H2,1H3,(H2,7,8);1H. The summed E-state index contributed by atoms with van der Waals surface area (Å²) in [6.07, 6.45) is 1.00. The summed E-state index contributed by atoms with van der Waals surface area (Å²) >= 11 is 0. The summed E-state index contributed by atoms with van der Waals surface area (Å²) in [5.41, 5.74) is 5.32. The third-order valence-electron chi connectivity index (χ3n) is 1.49. The van der Waals surface area contributed by atoms with Crippen LogP contribution in [0.5, 0.6) is 0 Å². The van der Waals surface area contributed by atoms with Crippen molar-refractivity contribution in [3.63, 3.8) is 0 Å². The highest BCUT2D eigenvalue weighted by Gasteiger charge is 2.35. The molecule has 0 radical (unpaired) electrons. The Morgan fingerprint density at radius 3 is 2.70 bits per heavy atom. The second-order valence-electron chi connectivity index (χ2n) is 2.52. The topological polar surface area (TPSA) is 58.6 Å². The van der Waals surface area contributed by atoms with E-state index in [2.05, 4.69) is 4.99 Å². The van der Waals surface area contributed by atoms with E-state index >= 15 is 0 Å². The van der Waals surface area contributed by atoms with Gasteiger partial charge in [0, 0.05) is 12.5 Å². The second kappa shape index (κ2) is 4.12. The van der Waals surface area contributed by atoms with Gasteiger partial charge in [-0.25, -0.2) is 0 Å². The molecule has 0 aromatic heterocycles. The molecule has 2 atom stereocenters. The zero-order chi connectivity index (χ0) is 6.85. The minimum atomic E-state index is 0. The van der Waals surface area contributed by atoms with Gasteiger partial charge in [-0.3, -0.25) is 4.99 Å². The molecule has 1 saturated carbocycles. The average Bonchev–Trinajstić information content (AvgIpc) is 2.45. The van der Waals surface area contributed by atoms with Gasteiger partial charge in [-0.2, -0.15) is 0 Å². The lowest BCUT2D eigenvalue weighted by molar-refractivity contribution is 0.274. The molecule has 0 amide bonds. The molecule has 0 aliphatic heterocycles. The summed E-state index contributed by atoms with van der Waals surface area (Å²) in [6.45, 7) is 2.02. The molecule has 1 aliphatic rings. The first-order chi connectivity index (χ1) is 4.24. The Hall–Kier alpha value is 0.160. The normalized spacial score (nSPS) is 31.2. The molecule has 1 fully saturated rings. The maximum Gasteiger partial charge on any atom is 0.0909 e. The Labute approximate surface area is 77.7 Å². The molecular formula is C6H13IN2O. The summed E-state index contributed by atoms with van der Waals surface area (Å²) in [7, 11) is 0. The quantitative estimate of drug-likeness (QED) is 0.426. The van der Waals surface area contributed by atoms with Crippen LogP contribution in [0.4, 0.5) is 0 Å². The van der Waals surface area contributed by atoms with Crippen LogP contribution in [0, 0.1) is 5.92 Å². The summed E-state index contributed by atoms with van der Waals surface area (Å²) in [5, 5.41) is 8.58. The summed E-state index contributed by atoms with van der Waals surface area (Å²) in [6, 6.07) is 0.319.